The molecular formula is C24H32O3. The molecule has 4 fully saturated rings. The number of rotatable bonds is 1. The average molecular weight is 369 g/mol. The van der Waals surface area contributed by atoms with Crippen molar-refractivity contribution >= 4 is 0 Å². The maximum Gasteiger partial charge on any atom is 0.172 e. The molecule has 3 nitrogen and oxygen atoms in total. The molecule has 0 amide bonds. The van der Waals surface area contributed by atoms with Crippen LogP contribution in [0.1, 0.15) is 58.3 Å². The molecule has 0 bridgehead atoms. The minimum Gasteiger partial charge on any atom is -0.377 e. The molecule has 0 aromatic rings. The van der Waals surface area contributed by atoms with Gasteiger partial charge in [0.15, 0.2) is 5.79 Å². The van der Waals surface area contributed by atoms with Crippen LogP contribution in [-0.4, -0.2) is 29.7 Å². The number of terminal acetylenes is 1. The summed E-state index contributed by atoms with van der Waals surface area (Å²) in [6.45, 7) is 8.22. The van der Waals surface area contributed by atoms with Crippen molar-refractivity contribution in [2.24, 2.45) is 29.1 Å². The first-order valence-corrected chi connectivity index (χ1v) is 10.8. The van der Waals surface area contributed by atoms with Crippen LogP contribution in [0.25, 0.3) is 0 Å². The fraction of sp³-hybridized carbons (Fsp3) is 0.750. The summed E-state index contributed by atoms with van der Waals surface area (Å²) in [6.07, 6.45) is 16.1. The molecule has 1 saturated heterocycles. The highest BCUT2D eigenvalue weighted by Gasteiger charge is 2.64. The van der Waals surface area contributed by atoms with E-state index in [1.165, 1.54) is 11.1 Å². The predicted molar refractivity (Wildman–Crippen MR) is 105 cm³/mol. The quantitative estimate of drug-likeness (QED) is 0.556. The first-order chi connectivity index (χ1) is 13.0. The third kappa shape index (κ3) is 2.27. The van der Waals surface area contributed by atoms with Crippen LogP contribution in [0.2, 0.25) is 0 Å². The molecule has 0 radical (unpaired) electrons. The van der Waals surface area contributed by atoms with Crippen LogP contribution >= 0.6 is 0 Å². The van der Waals surface area contributed by atoms with Gasteiger partial charge in [0.25, 0.3) is 0 Å². The number of allylic oxidation sites excluding steroid dienone is 2. The Morgan fingerprint density at radius 3 is 2.74 bits per heavy atom. The van der Waals surface area contributed by atoms with Crippen molar-refractivity contribution < 1.29 is 14.6 Å². The fourth-order valence-electron chi connectivity index (χ4n) is 7.72. The van der Waals surface area contributed by atoms with Crippen molar-refractivity contribution in [3.8, 4) is 12.3 Å². The summed E-state index contributed by atoms with van der Waals surface area (Å²) < 4.78 is 12.0. The molecule has 0 unspecified atom stereocenters. The standard InChI is InChI=1S/C24H32O3/c1-4-22-14-16(3)21-18-8-11-24(26-12-13-27-24)15-17(18)6-7-19(21)20(22)9-10-23(22,25)5-2/h2,6,18-21,25H,3-4,7-15H2,1H3/t18-,19-,20-,21+,22-,23-/m0/s1. The van der Waals surface area contributed by atoms with E-state index in [0.717, 1.165) is 64.6 Å². The summed E-state index contributed by atoms with van der Waals surface area (Å²) in [5.41, 5.74) is 1.71. The molecule has 3 saturated carbocycles. The van der Waals surface area contributed by atoms with E-state index in [2.05, 4.69) is 25.5 Å². The van der Waals surface area contributed by atoms with Gasteiger partial charge < -0.3 is 14.6 Å². The van der Waals surface area contributed by atoms with Crippen LogP contribution in [0, 0.1) is 41.4 Å². The number of ether oxygens (including phenoxy) is 2. The van der Waals surface area contributed by atoms with Crippen LogP contribution < -0.4 is 0 Å². The molecular weight excluding hydrogens is 336 g/mol. The summed E-state index contributed by atoms with van der Waals surface area (Å²) >= 11 is 0. The zero-order valence-electron chi connectivity index (χ0n) is 16.5. The Labute approximate surface area is 163 Å². The molecule has 1 spiro atoms. The molecule has 1 N–H and O–H groups in total. The lowest BCUT2D eigenvalue weighted by Crippen LogP contribution is -2.54. The average Bonchev–Trinajstić information content (AvgIpc) is 3.25. The topological polar surface area (TPSA) is 38.7 Å². The Balaban J connectivity index is 1.48. The van der Waals surface area contributed by atoms with Crippen LogP contribution in [0.15, 0.2) is 23.8 Å². The molecule has 1 heterocycles. The molecule has 0 aromatic heterocycles. The number of aliphatic hydroxyl groups is 1. The molecule has 4 aliphatic carbocycles. The van der Waals surface area contributed by atoms with E-state index < -0.39 is 5.60 Å². The van der Waals surface area contributed by atoms with Gasteiger partial charge in [-0.1, -0.05) is 36.6 Å². The first-order valence-electron chi connectivity index (χ1n) is 10.8. The molecule has 1 aliphatic heterocycles. The van der Waals surface area contributed by atoms with Crippen molar-refractivity contribution in [1.82, 2.24) is 0 Å². The highest BCUT2D eigenvalue weighted by Crippen LogP contribution is 2.67. The Kier molecular flexibility index (Phi) is 3.97. The van der Waals surface area contributed by atoms with E-state index in [4.69, 9.17) is 15.9 Å². The minimum atomic E-state index is -0.966. The Morgan fingerprint density at radius 1 is 1.26 bits per heavy atom. The van der Waals surface area contributed by atoms with Gasteiger partial charge >= 0.3 is 0 Å². The fourth-order valence-corrected chi connectivity index (χ4v) is 7.72. The summed E-state index contributed by atoms with van der Waals surface area (Å²) in [4.78, 5) is 0. The smallest absolute Gasteiger partial charge is 0.172 e. The van der Waals surface area contributed by atoms with Gasteiger partial charge in [0.05, 0.1) is 13.2 Å². The molecule has 0 aromatic carbocycles. The summed E-state index contributed by atoms with van der Waals surface area (Å²) in [7, 11) is 0. The normalized spacial score (nSPS) is 47.7. The van der Waals surface area contributed by atoms with Crippen molar-refractivity contribution in [1.29, 1.82) is 0 Å². The van der Waals surface area contributed by atoms with Crippen LogP contribution in [0.4, 0.5) is 0 Å². The van der Waals surface area contributed by atoms with E-state index in [1.807, 2.05) is 0 Å². The van der Waals surface area contributed by atoms with Gasteiger partial charge in [0.2, 0.25) is 0 Å². The van der Waals surface area contributed by atoms with E-state index in [9.17, 15) is 5.11 Å². The Morgan fingerprint density at radius 2 is 2.04 bits per heavy atom. The van der Waals surface area contributed by atoms with E-state index in [0.29, 0.717) is 23.7 Å². The lowest BCUT2D eigenvalue weighted by atomic mass is 9.48. The van der Waals surface area contributed by atoms with Gasteiger partial charge in [-0.2, -0.15) is 0 Å². The second-order valence-electron chi connectivity index (χ2n) is 9.63. The summed E-state index contributed by atoms with van der Waals surface area (Å²) in [5, 5.41) is 11.3. The minimum absolute atomic E-state index is 0.182. The van der Waals surface area contributed by atoms with E-state index in [-0.39, 0.29) is 11.2 Å². The van der Waals surface area contributed by atoms with Gasteiger partial charge in [0.1, 0.15) is 5.60 Å². The maximum absolute atomic E-state index is 11.3. The molecule has 27 heavy (non-hydrogen) atoms. The van der Waals surface area contributed by atoms with Crippen molar-refractivity contribution in [2.75, 3.05) is 13.2 Å². The molecule has 146 valence electrons. The Hall–Kier alpha value is -1.08. The molecule has 5 rings (SSSR count). The van der Waals surface area contributed by atoms with Gasteiger partial charge in [-0.3, -0.25) is 0 Å². The monoisotopic (exact) mass is 368 g/mol. The Bertz CT molecular complexity index is 724. The zero-order chi connectivity index (χ0) is 18.9. The highest BCUT2D eigenvalue weighted by atomic mass is 16.7. The zero-order valence-corrected chi connectivity index (χ0v) is 16.5. The van der Waals surface area contributed by atoms with Gasteiger partial charge in [-0.05, 0) is 62.2 Å². The van der Waals surface area contributed by atoms with Crippen LogP contribution in [0.3, 0.4) is 0 Å². The third-order valence-corrected chi connectivity index (χ3v) is 8.90. The lowest BCUT2D eigenvalue weighted by Gasteiger charge is -2.57. The van der Waals surface area contributed by atoms with E-state index >= 15 is 0 Å². The maximum atomic E-state index is 11.3. The third-order valence-electron chi connectivity index (χ3n) is 8.90. The van der Waals surface area contributed by atoms with E-state index in [1.54, 1.807) is 0 Å². The van der Waals surface area contributed by atoms with Crippen LogP contribution in [0.5, 0.6) is 0 Å². The van der Waals surface area contributed by atoms with Crippen molar-refractivity contribution in [3.63, 3.8) is 0 Å². The molecule has 6 atom stereocenters. The van der Waals surface area contributed by atoms with Crippen molar-refractivity contribution in [2.45, 2.75) is 69.7 Å². The van der Waals surface area contributed by atoms with Gasteiger partial charge in [-0.25, -0.2) is 0 Å². The predicted octanol–water partition coefficient (Wildman–Crippen LogP) is 4.22. The van der Waals surface area contributed by atoms with Crippen molar-refractivity contribution in [3.05, 3.63) is 23.8 Å². The van der Waals surface area contributed by atoms with Gasteiger partial charge in [0, 0.05) is 18.3 Å². The van der Waals surface area contributed by atoms with Crippen LogP contribution in [-0.2, 0) is 9.47 Å². The number of hydrogen-bond acceptors (Lipinski definition) is 3. The largest absolute Gasteiger partial charge is 0.377 e. The number of fused-ring (bicyclic) bond motifs is 5. The second-order valence-corrected chi connectivity index (χ2v) is 9.63. The summed E-state index contributed by atoms with van der Waals surface area (Å²) in [6, 6.07) is 0. The second kappa shape index (κ2) is 5.96. The SMILES string of the molecule is C#C[C@]1(O)CC[C@H]2[C@@H]3CC=C4CC5(CC[C@@H]4[C@H]3C(=C)C[C@@]21CC)OCCO5. The lowest BCUT2D eigenvalue weighted by molar-refractivity contribution is -0.175. The first kappa shape index (κ1) is 18.0. The number of hydrogen-bond donors (Lipinski definition) is 1. The molecule has 3 heteroatoms. The highest BCUT2D eigenvalue weighted by molar-refractivity contribution is 5.33. The van der Waals surface area contributed by atoms with Gasteiger partial charge in [-0.15, -0.1) is 6.42 Å². The summed E-state index contributed by atoms with van der Waals surface area (Å²) in [5.74, 6) is 4.64. The molecule has 5 aliphatic rings.